The molecule has 1 N–H and O–H groups in total. The molecule has 0 aromatic rings. The molecule has 3 nitrogen and oxygen atoms in total. The van der Waals surface area contributed by atoms with Gasteiger partial charge in [-0.05, 0) is 18.8 Å². The minimum absolute atomic E-state index is 0.0872. The second kappa shape index (κ2) is 25.1. The third kappa shape index (κ3) is 21.3. The van der Waals surface area contributed by atoms with E-state index in [2.05, 4.69) is 20.8 Å². The zero-order valence-corrected chi connectivity index (χ0v) is 22.4. The number of hydrogen-bond acceptors (Lipinski definition) is 2. The highest BCUT2D eigenvalue weighted by molar-refractivity contribution is 5.77. The number of aliphatic hydroxyl groups excluding tert-OH is 1. The van der Waals surface area contributed by atoms with E-state index in [0.29, 0.717) is 5.92 Å². The fraction of sp³-hybridized carbons (Fsp3) is 0.966. The van der Waals surface area contributed by atoms with Crippen LogP contribution in [0.2, 0.25) is 0 Å². The Morgan fingerprint density at radius 1 is 0.625 bits per heavy atom. The number of unbranched alkanes of at least 4 members (excludes halogenated alkanes) is 18. The molecule has 0 aromatic heterocycles. The maximum Gasteiger partial charge on any atom is 0.248 e. The first-order valence-corrected chi connectivity index (χ1v) is 14.5. The molecule has 0 saturated carbocycles. The van der Waals surface area contributed by atoms with Crippen molar-refractivity contribution in [3.05, 3.63) is 0 Å². The van der Waals surface area contributed by atoms with Gasteiger partial charge in [0.05, 0.1) is 0 Å². The SMILES string of the molecule is CCCCCCCCCCCCC(C)CN(CCCCCCCCCCCC)C(=O)CO. The van der Waals surface area contributed by atoms with Crippen molar-refractivity contribution in [2.45, 2.75) is 156 Å². The molecule has 0 aromatic carbocycles. The number of rotatable bonds is 25. The molecule has 0 heterocycles. The Bertz CT molecular complexity index is 385. The largest absolute Gasteiger partial charge is 0.387 e. The predicted molar refractivity (Wildman–Crippen MR) is 141 cm³/mol. The van der Waals surface area contributed by atoms with Crippen LogP contribution in [-0.2, 0) is 4.79 Å². The van der Waals surface area contributed by atoms with Gasteiger partial charge < -0.3 is 10.0 Å². The van der Waals surface area contributed by atoms with E-state index in [0.717, 1.165) is 19.5 Å². The fourth-order valence-electron chi connectivity index (χ4n) is 4.66. The molecule has 0 rings (SSSR count). The van der Waals surface area contributed by atoms with E-state index >= 15 is 0 Å². The van der Waals surface area contributed by atoms with Crippen molar-refractivity contribution in [3.63, 3.8) is 0 Å². The Morgan fingerprint density at radius 3 is 1.41 bits per heavy atom. The second-order valence-corrected chi connectivity index (χ2v) is 10.3. The number of aliphatic hydroxyl groups is 1. The van der Waals surface area contributed by atoms with Gasteiger partial charge in [-0.2, -0.15) is 0 Å². The standard InChI is InChI=1S/C29H59NO2/c1-4-6-8-10-12-14-16-18-20-22-24-28(3)26-30(29(32)27-31)25-23-21-19-17-15-13-11-9-7-5-2/h28,31H,4-27H2,1-3H3. The van der Waals surface area contributed by atoms with Crippen LogP contribution in [0.5, 0.6) is 0 Å². The van der Waals surface area contributed by atoms with E-state index in [4.69, 9.17) is 0 Å². The number of carbonyl (C=O) groups excluding carboxylic acids is 1. The van der Waals surface area contributed by atoms with Gasteiger partial charge >= 0.3 is 0 Å². The van der Waals surface area contributed by atoms with E-state index in [9.17, 15) is 9.90 Å². The predicted octanol–water partition coefficient (Wildman–Crippen LogP) is 8.68. The molecule has 0 aliphatic heterocycles. The van der Waals surface area contributed by atoms with Gasteiger partial charge in [0.1, 0.15) is 6.61 Å². The van der Waals surface area contributed by atoms with Gasteiger partial charge in [-0.15, -0.1) is 0 Å². The van der Waals surface area contributed by atoms with Gasteiger partial charge in [0.25, 0.3) is 0 Å². The number of hydrogen-bond donors (Lipinski definition) is 1. The van der Waals surface area contributed by atoms with E-state index in [1.54, 1.807) is 0 Å². The van der Waals surface area contributed by atoms with Crippen LogP contribution in [-0.4, -0.2) is 35.6 Å². The second-order valence-electron chi connectivity index (χ2n) is 10.3. The zero-order chi connectivity index (χ0) is 23.7. The first-order chi connectivity index (χ1) is 15.7. The summed E-state index contributed by atoms with van der Waals surface area (Å²) in [6.07, 6.45) is 28.0. The molecule has 0 aliphatic carbocycles. The smallest absolute Gasteiger partial charge is 0.248 e. The van der Waals surface area contributed by atoms with Gasteiger partial charge in [0.2, 0.25) is 5.91 Å². The molecule has 1 unspecified atom stereocenters. The summed E-state index contributed by atoms with van der Waals surface area (Å²) in [5.41, 5.74) is 0. The maximum absolute atomic E-state index is 12.2. The zero-order valence-electron chi connectivity index (χ0n) is 22.4. The molecule has 192 valence electrons. The summed E-state index contributed by atoms with van der Waals surface area (Å²) in [5.74, 6) is 0.443. The highest BCUT2D eigenvalue weighted by Crippen LogP contribution is 2.16. The fourth-order valence-corrected chi connectivity index (χ4v) is 4.66. The average molecular weight is 454 g/mol. The van der Waals surface area contributed by atoms with Crippen LogP contribution in [0.1, 0.15) is 156 Å². The van der Waals surface area contributed by atoms with Crippen molar-refractivity contribution in [1.82, 2.24) is 4.90 Å². The third-order valence-electron chi connectivity index (χ3n) is 6.85. The van der Waals surface area contributed by atoms with Crippen LogP contribution >= 0.6 is 0 Å². The molecule has 1 amide bonds. The molecule has 0 bridgehead atoms. The first-order valence-electron chi connectivity index (χ1n) is 14.5. The van der Waals surface area contributed by atoms with Crippen molar-refractivity contribution in [2.75, 3.05) is 19.7 Å². The highest BCUT2D eigenvalue weighted by Gasteiger charge is 2.15. The normalized spacial score (nSPS) is 12.2. The molecular weight excluding hydrogens is 394 g/mol. The molecule has 0 saturated heterocycles. The first kappa shape index (κ1) is 31.4. The number of nitrogens with zero attached hydrogens (tertiary/aromatic N) is 1. The van der Waals surface area contributed by atoms with Crippen LogP contribution in [0.15, 0.2) is 0 Å². The van der Waals surface area contributed by atoms with Crippen LogP contribution in [0, 0.1) is 5.92 Å². The minimum atomic E-state index is -0.345. The van der Waals surface area contributed by atoms with Gasteiger partial charge in [-0.3, -0.25) is 4.79 Å². The molecule has 3 heteroatoms. The van der Waals surface area contributed by atoms with E-state index in [-0.39, 0.29) is 12.5 Å². The summed E-state index contributed by atoms with van der Waals surface area (Å²) < 4.78 is 0. The number of amides is 1. The lowest BCUT2D eigenvalue weighted by Crippen LogP contribution is -2.37. The average Bonchev–Trinajstić information content (AvgIpc) is 2.80. The summed E-state index contributed by atoms with van der Waals surface area (Å²) in [5, 5.41) is 9.35. The Morgan fingerprint density at radius 2 is 1.00 bits per heavy atom. The van der Waals surface area contributed by atoms with Gasteiger partial charge in [-0.25, -0.2) is 0 Å². The van der Waals surface area contributed by atoms with Crippen molar-refractivity contribution < 1.29 is 9.90 Å². The lowest BCUT2D eigenvalue weighted by atomic mass is 10.0. The molecule has 32 heavy (non-hydrogen) atoms. The Balaban J connectivity index is 3.74. The monoisotopic (exact) mass is 453 g/mol. The topological polar surface area (TPSA) is 40.5 Å². The van der Waals surface area contributed by atoms with E-state index in [1.165, 1.54) is 128 Å². The summed E-state index contributed by atoms with van der Waals surface area (Å²) >= 11 is 0. The van der Waals surface area contributed by atoms with Crippen LogP contribution in [0.25, 0.3) is 0 Å². The van der Waals surface area contributed by atoms with Crippen molar-refractivity contribution in [2.24, 2.45) is 5.92 Å². The maximum atomic E-state index is 12.2. The lowest BCUT2D eigenvalue weighted by molar-refractivity contribution is -0.134. The lowest BCUT2D eigenvalue weighted by Gasteiger charge is -2.25. The third-order valence-corrected chi connectivity index (χ3v) is 6.85. The summed E-state index contributed by atoms with van der Waals surface area (Å²) in [7, 11) is 0. The summed E-state index contributed by atoms with van der Waals surface area (Å²) in [6, 6.07) is 0. The Kier molecular flexibility index (Phi) is 24.6. The van der Waals surface area contributed by atoms with E-state index < -0.39 is 0 Å². The minimum Gasteiger partial charge on any atom is -0.387 e. The number of carbonyl (C=O) groups is 1. The Hall–Kier alpha value is -0.570. The molecule has 0 aliphatic rings. The molecule has 0 spiro atoms. The van der Waals surface area contributed by atoms with Crippen molar-refractivity contribution in [1.29, 1.82) is 0 Å². The quantitative estimate of drug-likeness (QED) is 0.140. The van der Waals surface area contributed by atoms with Crippen LogP contribution in [0.3, 0.4) is 0 Å². The van der Waals surface area contributed by atoms with E-state index in [1.807, 2.05) is 4.90 Å². The van der Waals surface area contributed by atoms with Crippen LogP contribution < -0.4 is 0 Å². The Labute approximate surface area is 202 Å². The molecular formula is C29H59NO2. The summed E-state index contributed by atoms with van der Waals surface area (Å²) in [4.78, 5) is 14.1. The summed E-state index contributed by atoms with van der Waals surface area (Å²) in [6.45, 7) is 8.10. The molecule has 0 radical (unpaired) electrons. The van der Waals surface area contributed by atoms with Crippen molar-refractivity contribution in [3.8, 4) is 0 Å². The van der Waals surface area contributed by atoms with Gasteiger partial charge in [0.15, 0.2) is 0 Å². The van der Waals surface area contributed by atoms with Gasteiger partial charge in [-0.1, -0.05) is 143 Å². The molecule has 1 atom stereocenters. The van der Waals surface area contributed by atoms with Gasteiger partial charge in [0, 0.05) is 13.1 Å². The van der Waals surface area contributed by atoms with Crippen molar-refractivity contribution >= 4 is 5.91 Å². The van der Waals surface area contributed by atoms with Crippen LogP contribution in [0.4, 0.5) is 0 Å². The molecule has 0 fully saturated rings. The highest BCUT2D eigenvalue weighted by atomic mass is 16.3.